The van der Waals surface area contributed by atoms with E-state index in [-0.39, 0.29) is 6.04 Å². The summed E-state index contributed by atoms with van der Waals surface area (Å²) in [7, 11) is 3.02. The van der Waals surface area contributed by atoms with Gasteiger partial charge in [0.2, 0.25) is 0 Å². The lowest BCUT2D eigenvalue weighted by Gasteiger charge is -2.25. The average molecular weight is 272 g/mol. The van der Waals surface area contributed by atoms with Crippen LogP contribution in [0.3, 0.4) is 0 Å². The summed E-state index contributed by atoms with van der Waals surface area (Å²) in [5.41, 5.74) is 0. The molecule has 4 amide bonds. The van der Waals surface area contributed by atoms with Gasteiger partial charge in [0.1, 0.15) is 0 Å². The predicted molar refractivity (Wildman–Crippen MR) is 73.2 cm³/mol. The summed E-state index contributed by atoms with van der Waals surface area (Å²) in [5.74, 6) is 0. The van der Waals surface area contributed by atoms with Crippen LogP contribution in [0.15, 0.2) is 0 Å². The number of nitrogens with one attached hydrogen (secondary N) is 2. The van der Waals surface area contributed by atoms with Gasteiger partial charge in [-0.1, -0.05) is 13.3 Å². The number of amidine groups is 1. The van der Waals surface area contributed by atoms with E-state index in [0.717, 1.165) is 12.8 Å². The van der Waals surface area contributed by atoms with Gasteiger partial charge in [0.05, 0.1) is 6.61 Å². The standard InChI is InChI=1S/C12H24N4O3/c1-6-7-8-19-10(13)16(12(18)15(4)5)11(17)14-9(2)3/h9,13H,6-8H2,1-5H3,(H,14,17). The molecule has 0 aromatic carbocycles. The lowest BCUT2D eigenvalue weighted by atomic mass is 10.4. The van der Waals surface area contributed by atoms with Crippen molar-refractivity contribution < 1.29 is 14.3 Å². The summed E-state index contributed by atoms with van der Waals surface area (Å²) in [5, 5.41) is 10.3. The van der Waals surface area contributed by atoms with Gasteiger partial charge in [0.25, 0.3) is 0 Å². The normalized spacial score (nSPS) is 10.0. The van der Waals surface area contributed by atoms with Crippen LogP contribution in [-0.4, -0.2) is 54.6 Å². The number of amides is 4. The first-order valence-electron chi connectivity index (χ1n) is 6.34. The summed E-state index contributed by atoms with van der Waals surface area (Å²) in [6, 6.07) is -1.85. The van der Waals surface area contributed by atoms with Crippen molar-refractivity contribution in [2.75, 3.05) is 20.7 Å². The Kier molecular flexibility index (Phi) is 7.55. The molecule has 2 N–H and O–H groups in total. The molecule has 0 aliphatic heterocycles. The first-order chi connectivity index (χ1) is 8.81. The van der Waals surface area contributed by atoms with E-state index in [0.29, 0.717) is 11.5 Å². The molecule has 0 bridgehead atoms. The van der Waals surface area contributed by atoms with Gasteiger partial charge in [-0.05, 0) is 20.3 Å². The SMILES string of the molecule is CCCCOC(=N)N(C(=O)NC(C)C)C(=O)N(C)C. The minimum absolute atomic E-state index is 0.131. The second-order valence-electron chi connectivity index (χ2n) is 4.62. The third-order valence-corrected chi connectivity index (χ3v) is 2.13. The second kappa shape index (κ2) is 8.34. The molecule has 0 aliphatic rings. The van der Waals surface area contributed by atoms with Crippen molar-refractivity contribution in [3.05, 3.63) is 0 Å². The third-order valence-electron chi connectivity index (χ3n) is 2.13. The van der Waals surface area contributed by atoms with Crippen molar-refractivity contribution in [1.29, 1.82) is 5.41 Å². The molecule has 0 radical (unpaired) electrons. The monoisotopic (exact) mass is 272 g/mol. The molecule has 7 heteroatoms. The lowest BCUT2D eigenvalue weighted by Crippen LogP contribution is -2.52. The molecule has 0 rings (SSSR count). The number of urea groups is 2. The number of hydrogen-bond acceptors (Lipinski definition) is 4. The van der Waals surface area contributed by atoms with Gasteiger partial charge < -0.3 is 15.0 Å². The van der Waals surface area contributed by atoms with Crippen LogP contribution >= 0.6 is 0 Å². The molecule has 7 nitrogen and oxygen atoms in total. The van der Waals surface area contributed by atoms with Gasteiger partial charge in [-0.3, -0.25) is 5.41 Å². The number of ether oxygens (including phenoxy) is 1. The van der Waals surface area contributed by atoms with E-state index in [9.17, 15) is 9.59 Å². The van der Waals surface area contributed by atoms with Gasteiger partial charge in [-0.2, -0.15) is 4.90 Å². The number of hydrogen-bond donors (Lipinski definition) is 2. The molecular formula is C12H24N4O3. The van der Waals surface area contributed by atoms with Crippen LogP contribution in [0.1, 0.15) is 33.6 Å². The fraction of sp³-hybridized carbons (Fsp3) is 0.750. The van der Waals surface area contributed by atoms with Gasteiger partial charge in [0, 0.05) is 20.1 Å². The third kappa shape index (κ3) is 6.08. The molecule has 0 heterocycles. The molecular weight excluding hydrogens is 248 g/mol. The molecule has 0 atom stereocenters. The molecule has 0 fully saturated rings. The van der Waals surface area contributed by atoms with Crippen molar-refractivity contribution in [1.82, 2.24) is 15.1 Å². The number of rotatable bonds is 4. The molecule has 19 heavy (non-hydrogen) atoms. The highest BCUT2D eigenvalue weighted by atomic mass is 16.5. The maximum Gasteiger partial charge on any atom is 0.336 e. The molecule has 0 unspecified atom stereocenters. The summed E-state index contributed by atoms with van der Waals surface area (Å²) in [6.45, 7) is 5.85. The average Bonchev–Trinajstić information content (AvgIpc) is 2.28. The molecule has 110 valence electrons. The zero-order valence-electron chi connectivity index (χ0n) is 12.3. The summed E-state index contributed by atoms with van der Waals surface area (Å²) in [4.78, 5) is 25.7. The zero-order chi connectivity index (χ0) is 15.0. The van der Waals surface area contributed by atoms with E-state index in [1.54, 1.807) is 13.8 Å². The first-order valence-corrected chi connectivity index (χ1v) is 6.34. The van der Waals surface area contributed by atoms with Crippen LogP contribution in [0.5, 0.6) is 0 Å². The van der Waals surface area contributed by atoms with Crippen LogP contribution in [0.25, 0.3) is 0 Å². The Labute approximate surface area is 114 Å². The molecule has 0 aromatic rings. The zero-order valence-corrected chi connectivity index (χ0v) is 12.3. The predicted octanol–water partition coefficient (Wildman–Crippen LogP) is 1.84. The molecule has 0 saturated carbocycles. The number of carbonyl (C=O) groups is 2. The van der Waals surface area contributed by atoms with Gasteiger partial charge >= 0.3 is 18.1 Å². The van der Waals surface area contributed by atoms with Crippen LogP contribution < -0.4 is 5.32 Å². The summed E-state index contributed by atoms with van der Waals surface area (Å²) < 4.78 is 5.12. The highest BCUT2D eigenvalue weighted by molar-refractivity contribution is 6.08. The Balaban J connectivity index is 4.80. The lowest BCUT2D eigenvalue weighted by molar-refractivity contribution is 0.169. The molecule has 0 saturated heterocycles. The number of carbonyl (C=O) groups excluding carboxylic acids is 2. The van der Waals surface area contributed by atoms with Crippen LogP contribution in [0, 0.1) is 5.41 Å². The van der Waals surface area contributed by atoms with Crippen LogP contribution in [-0.2, 0) is 4.74 Å². The van der Waals surface area contributed by atoms with Gasteiger partial charge in [-0.15, -0.1) is 0 Å². The number of nitrogens with zero attached hydrogens (tertiary/aromatic N) is 2. The van der Waals surface area contributed by atoms with E-state index in [4.69, 9.17) is 10.1 Å². The summed E-state index contributed by atoms with van der Waals surface area (Å²) >= 11 is 0. The van der Waals surface area contributed by atoms with E-state index in [2.05, 4.69) is 5.32 Å². The highest BCUT2D eigenvalue weighted by Crippen LogP contribution is 2.01. The smallest absolute Gasteiger partial charge is 0.336 e. The van der Waals surface area contributed by atoms with E-state index in [1.807, 2.05) is 6.92 Å². The van der Waals surface area contributed by atoms with E-state index < -0.39 is 18.1 Å². The first kappa shape index (κ1) is 17.2. The van der Waals surface area contributed by atoms with Gasteiger partial charge in [0.15, 0.2) is 0 Å². The number of imide groups is 1. The largest absolute Gasteiger partial charge is 0.465 e. The minimum atomic E-state index is -0.657. The fourth-order valence-electron chi connectivity index (χ4n) is 1.16. The molecule has 0 spiro atoms. The fourth-order valence-corrected chi connectivity index (χ4v) is 1.16. The Morgan fingerprint density at radius 3 is 2.32 bits per heavy atom. The quantitative estimate of drug-likeness (QED) is 0.465. The van der Waals surface area contributed by atoms with Crippen molar-refractivity contribution in [3.63, 3.8) is 0 Å². The Hall–Kier alpha value is -1.79. The van der Waals surface area contributed by atoms with Crippen molar-refractivity contribution in [2.24, 2.45) is 0 Å². The Bertz CT molecular complexity index is 329. The van der Waals surface area contributed by atoms with Crippen LogP contribution in [0.4, 0.5) is 9.59 Å². The minimum Gasteiger partial charge on any atom is -0.465 e. The van der Waals surface area contributed by atoms with E-state index >= 15 is 0 Å². The van der Waals surface area contributed by atoms with E-state index in [1.165, 1.54) is 19.0 Å². The van der Waals surface area contributed by atoms with Crippen molar-refractivity contribution in [3.8, 4) is 0 Å². The Morgan fingerprint density at radius 2 is 1.89 bits per heavy atom. The topological polar surface area (TPSA) is 85.7 Å². The maximum absolute atomic E-state index is 11.9. The highest BCUT2D eigenvalue weighted by Gasteiger charge is 2.29. The number of unbranched alkanes of at least 4 members (excludes halogenated alkanes) is 1. The van der Waals surface area contributed by atoms with Crippen molar-refractivity contribution >= 4 is 18.1 Å². The Morgan fingerprint density at radius 1 is 1.32 bits per heavy atom. The van der Waals surface area contributed by atoms with Crippen molar-refractivity contribution in [2.45, 2.75) is 39.7 Å². The maximum atomic E-state index is 11.9. The molecule has 0 aromatic heterocycles. The summed E-state index contributed by atoms with van der Waals surface area (Å²) in [6.07, 6.45) is 1.67. The second-order valence-corrected chi connectivity index (χ2v) is 4.62. The van der Waals surface area contributed by atoms with Gasteiger partial charge in [-0.25, -0.2) is 9.59 Å². The van der Waals surface area contributed by atoms with Crippen LogP contribution in [0.2, 0.25) is 0 Å². The molecule has 0 aliphatic carbocycles.